The summed E-state index contributed by atoms with van der Waals surface area (Å²) >= 11 is 0. The molecule has 0 atom stereocenters. The smallest absolute Gasteiger partial charge is 0.151 e. The Morgan fingerprint density at radius 2 is 1.95 bits per heavy atom. The number of rotatable bonds is 6. The number of hydrogen-bond acceptors (Lipinski definition) is 3. The van der Waals surface area contributed by atoms with E-state index in [1.54, 1.807) is 0 Å². The second kappa shape index (κ2) is 6.43. The average Bonchev–Trinajstić information content (AvgIpc) is 2.44. The van der Waals surface area contributed by atoms with Gasteiger partial charge in [-0.1, -0.05) is 32.0 Å². The highest BCUT2D eigenvalue weighted by atomic mass is 16.1. The molecule has 0 bridgehead atoms. The Hall–Kier alpha value is -1.74. The second-order valence-electron chi connectivity index (χ2n) is 4.71. The number of hydrogen-bond donors (Lipinski definition) is 0. The zero-order valence-corrected chi connectivity index (χ0v) is 11.6. The molecule has 0 N–H and O–H groups in total. The van der Waals surface area contributed by atoms with Crippen LogP contribution in [0.2, 0.25) is 0 Å². The van der Waals surface area contributed by atoms with Gasteiger partial charge in [-0.05, 0) is 30.8 Å². The molecular weight excluding hydrogens is 236 g/mol. The number of likely N-dealkylation sites (N-methyl/N-ethyl adjacent to an activating group) is 1. The van der Waals surface area contributed by atoms with Gasteiger partial charge in [0.15, 0.2) is 5.78 Å². The minimum atomic E-state index is 0.251. The number of fused-ring (bicyclic) bond motifs is 1. The van der Waals surface area contributed by atoms with E-state index in [-0.39, 0.29) is 5.78 Å². The minimum absolute atomic E-state index is 0.251. The van der Waals surface area contributed by atoms with Crippen LogP contribution in [0.1, 0.15) is 19.4 Å². The molecule has 2 rings (SSSR count). The summed E-state index contributed by atoms with van der Waals surface area (Å²) in [6.07, 6.45) is 2.27. The van der Waals surface area contributed by atoms with Crippen molar-refractivity contribution < 1.29 is 4.79 Å². The lowest BCUT2D eigenvalue weighted by molar-refractivity contribution is -0.119. The molecule has 19 heavy (non-hydrogen) atoms. The molecule has 0 aliphatic rings. The highest BCUT2D eigenvalue weighted by Gasteiger charge is 2.09. The lowest BCUT2D eigenvalue weighted by Crippen LogP contribution is -2.30. The lowest BCUT2D eigenvalue weighted by atomic mass is 10.1. The standard InChI is InChI=1S/C16H20N2O/c1-3-18(4-2)12-15(19)10-13-9-14-7-5-6-8-16(14)17-11-13/h5-9,11H,3-4,10,12H2,1-2H3. The maximum atomic E-state index is 12.0. The van der Waals surface area contributed by atoms with Gasteiger partial charge in [-0.2, -0.15) is 0 Å². The maximum absolute atomic E-state index is 12.0. The van der Waals surface area contributed by atoms with Crippen LogP contribution in [0.15, 0.2) is 36.5 Å². The predicted molar refractivity (Wildman–Crippen MR) is 78.2 cm³/mol. The summed E-state index contributed by atoms with van der Waals surface area (Å²) in [6, 6.07) is 10.0. The molecule has 3 heteroatoms. The molecule has 0 aliphatic heterocycles. The topological polar surface area (TPSA) is 33.2 Å². The van der Waals surface area contributed by atoms with Gasteiger partial charge in [-0.3, -0.25) is 14.7 Å². The highest BCUT2D eigenvalue weighted by Crippen LogP contribution is 2.13. The number of nitrogens with zero attached hydrogens (tertiary/aromatic N) is 2. The van der Waals surface area contributed by atoms with Crippen molar-refractivity contribution in [2.24, 2.45) is 0 Å². The van der Waals surface area contributed by atoms with Crippen molar-refractivity contribution in [3.63, 3.8) is 0 Å². The molecule has 0 saturated carbocycles. The van der Waals surface area contributed by atoms with Crippen LogP contribution in [-0.2, 0) is 11.2 Å². The Bertz CT molecular complexity index is 561. The summed E-state index contributed by atoms with van der Waals surface area (Å²) in [5.74, 6) is 0.251. The van der Waals surface area contributed by atoms with Crippen molar-refractivity contribution in [1.82, 2.24) is 9.88 Å². The third kappa shape index (κ3) is 3.61. The van der Waals surface area contributed by atoms with Crippen LogP contribution in [0.5, 0.6) is 0 Å². The zero-order chi connectivity index (χ0) is 13.7. The molecule has 0 aliphatic carbocycles. The Labute approximate surface area is 114 Å². The van der Waals surface area contributed by atoms with E-state index in [2.05, 4.69) is 29.8 Å². The van der Waals surface area contributed by atoms with Crippen LogP contribution in [-0.4, -0.2) is 35.3 Å². The summed E-state index contributed by atoms with van der Waals surface area (Å²) in [7, 11) is 0. The Balaban J connectivity index is 2.06. The first-order valence-electron chi connectivity index (χ1n) is 6.80. The Morgan fingerprint density at radius 1 is 1.21 bits per heavy atom. The van der Waals surface area contributed by atoms with Crippen LogP contribution in [0.25, 0.3) is 10.9 Å². The van der Waals surface area contributed by atoms with Crippen LogP contribution in [0, 0.1) is 0 Å². The van der Waals surface area contributed by atoms with Crippen molar-refractivity contribution in [2.75, 3.05) is 19.6 Å². The van der Waals surface area contributed by atoms with Gasteiger partial charge in [0.2, 0.25) is 0 Å². The van der Waals surface area contributed by atoms with Gasteiger partial charge in [0.1, 0.15) is 0 Å². The van der Waals surface area contributed by atoms with Gasteiger partial charge in [0.25, 0.3) is 0 Å². The number of ketones is 1. The fourth-order valence-corrected chi connectivity index (χ4v) is 2.19. The van der Waals surface area contributed by atoms with Gasteiger partial charge < -0.3 is 0 Å². The summed E-state index contributed by atoms with van der Waals surface area (Å²) in [5, 5.41) is 1.09. The largest absolute Gasteiger partial charge is 0.298 e. The average molecular weight is 256 g/mol. The van der Waals surface area contributed by atoms with Gasteiger partial charge in [0.05, 0.1) is 12.1 Å². The molecule has 1 aromatic carbocycles. The zero-order valence-electron chi connectivity index (χ0n) is 11.6. The molecule has 2 aromatic rings. The molecule has 0 fully saturated rings. The minimum Gasteiger partial charge on any atom is -0.298 e. The number of carbonyl (C=O) groups is 1. The van der Waals surface area contributed by atoms with Crippen LogP contribution in [0.3, 0.4) is 0 Å². The third-order valence-electron chi connectivity index (χ3n) is 3.34. The van der Waals surface area contributed by atoms with Crippen molar-refractivity contribution in [1.29, 1.82) is 0 Å². The number of carbonyl (C=O) groups excluding carboxylic acids is 1. The third-order valence-corrected chi connectivity index (χ3v) is 3.34. The molecule has 100 valence electrons. The van der Waals surface area contributed by atoms with E-state index in [1.807, 2.05) is 30.5 Å². The molecule has 0 saturated heterocycles. The number of pyridine rings is 1. The van der Waals surface area contributed by atoms with E-state index in [0.29, 0.717) is 13.0 Å². The maximum Gasteiger partial charge on any atom is 0.151 e. The van der Waals surface area contributed by atoms with Gasteiger partial charge in [-0.15, -0.1) is 0 Å². The molecule has 1 heterocycles. The molecule has 0 radical (unpaired) electrons. The molecule has 1 aromatic heterocycles. The Kier molecular flexibility index (Phi) is 4.63. The van der Waals surface area contributed by atoms with Crippen molar-refractivity contribution in [3.05, 3.63) is 42.1 Å². The second-order valence-corrected chi connectivity index (χ2v) is 4.71. The van der Waals surface area contributed by atoms with E-state index in [4.69, 9.17) is 0 Å². The summed E-state index contributed by atoms with van der Waals surface area (Å²) < 4.78 is 0. The molecule has 3 nitrogen and oxygen atoms in total. The van der Waals surface area contributed by atoms with E-state index in [9.17, 15) is 4.79 Å². The van der Waals surface area contributed by atoms with Crippen molar-refractivity contribution in [2.45, 2.75) is 20.3 Å². The molecule has 0 amide bonds. The normalized spacial score (nSPS) is 11.1. The monoisotopic (exact) mass is 256 g/mol. The number of para-hydroxylation sites is 1. The first kappa shape index (κ1) is 13.7. The summed E-state index contributed by atoms with van der Waals surface area (Å²) in [5.41, 5.74) is 1.97. The first-order valence-corrected chi connectivity index (χ1v) is 6.80. The Morgan fingerprint density at radius 3 is 2.68 bits per heavy atom. The van der Waals surface area contributed by atoms with Gasteiger partial charge >= 0.3 is 0 Å². The summed E-state index contributed by atoms with van der Waals surface area (Å²) in [6.45, 7) is 6.51. The quantitative estimate of drug-likeness (QED) is 0.796. The van der Waals surface area contributed by atoms with E-state index in [1.165, 1.54) is 0 Å². The van der Waals surface area contributed by atoms with Crippen molar-refractivity contribution >= 4 is 16.7 Å². The van der Waals surface area contributed by atoms with E-state index < -0.39 is 0 Å². The van der Waals surface area contributed by atoms with E-state index >= 15 is 0 Å². The van der Waals surface area contributed by atoms with Crippen molar-refractivity contribution in [3.8, 4) is 0 Å². The van der Waals surface area contributed by atoms with Crippen LogP contribution >= 0.6 is 0 Å². The lowest BCUT2D eigenvalue weighted by Gasteiger charge is -2.16. The first-order chi connectivity index (χ1) is 9.22. The number of aromatic nitrogens is 1. The van der Waals surface area contributed by atoms with Crippen LogP contribution < -0.4 is 0 Å². The molecule has 0 spiro atoms. The predicted octanol–water partition coefficient (Wildman–Crippen LogP) is 2.69. The summed E-state index contributed by atoms with van der Waals surface area (Å²) in [4.78, 5) is 18.5. The highest BCUT2D eigenvalue weighted by molar-refractivity contribution is 5.85. The SMILES string of the molecule is CCN(CC)CC(=O)Cc1cnc2ccccc2c1. The molecule has 0 unspecified atom stereocenters. The number of benzene rings is 1. The fourth-order valence-electron chi connectivity index (χ4n) is 2.19. The van der Waals surface area contributed by atoms with Gasteiger partial charge in [-0.25, -0.2) is 0 Å². The fraction of sp³-hybridized carbons (Fsp3) is 0.375. The number of Topliss-reactive ketones (excluding diaryl/α,β-unsaturated/α-hetero) is 1. The van der Waals surface area contributed by atoms with Crippen LogP contribution in [0.4, 0.5) is 0 Å². The van der Waals surface area contributed by atoms with Gasteiger partial charge in [0, 0.05) is 18.0 Å². The van der Waals surface area contributed by atoms with E-state index in [0.717, 1.165) is 29.6 Å². The molecular formula is C16H20N2O.